The average molecular weight is 253 g/mol. The summed E-state index contributed by atoms with van der Waals surface area (Å²) < 4.78 is 21.8. The van der Waals surface area contributed by atoms with Gasteiger partial charge in [-0.3, -0.25) is 0 Å². The van der Waals surface area contributed by atoms with Crippen LogP contribution in [0.15, 0.2) is 30.5 Å². The molecule has 0 aliphatic heterocycles. The van der Waals surface area contributed by atoms with Gasteiger partial charge in [0.05, 0.1) is 0 Å². The van der Waals surface area contributed by atoms with Gasteiger partial charge < -0.3 is 9.84 Å². The van der Waals surface area contributed by atoms with Crippen molar-refractivity contribution in [1.82, 2.24) is 4.37 Å². The fourth-order valence-electron chi connectivity index (χ4n) is 1.23. The minimum absolute atomic E-state index is 0.101. The monoisotopic (exact) mass is 253 g/mol. The molecule has 17 heavy (non-hydrogen) atoms. The lowest BCUT2D eigenvalue weighted by molar-refractivity contribution is 0.0699. The Morgan fingerprint density at radius 1 is 1.41 bits per heavy atom. The van der Waals surface area contributed by atoms with Gasteiger partial charge in [0.25, 0.3) is 0 Å². The van der Waals surface area contributed by atoms with E-state index in [0.717, 1.165) is 11.5 Å². The second-order valence-corrected chi connectivity index (χ2v) is 4.03. The van der Waals surface area contributed by atoms with Crippen LogP contribution in [0.25, 0.3) is 0 Å². The summed E-state index contributed by atoms with van der Waals surface area (Å²) in [5, 5.41) is 8.85. The van der Waals surface area contributed by atoms with Gasteiger partial charge in [-0.15, -0.1) is 0 Å². The van der Waals surface area contributed by atoms with E-state index in [4.69, 9.17) is 9.84 Å². The third kappa shape index (κ3) is 2.79. The van der Waals surface area contributed by atoms with E-state index in [1.807, 2.05) is 0 Å². The zero-order chi connectivity index (χ0) is 12.3. The molecule has 6 heteroatoms. The highest BCUT2D eigenvalue weighted by atomic mass is 32.1. The minimum atomic E-state index is -1.02. The molecule has 0 amide bonds. The van der Waals surface area contributed by atoms with Crippen molar-refractivity contribution in [3.8, 4) is 5.75 Å². The molecule has 1 heterocycles. The first-order chi connectivity index (χ1) is 8.16. The lowest BCUT2D eigenvalue weighted by Gasteiger charge is -2.04. The van der Waals surface area contributed by atoms with Crippen LogP contribution >= 0.6 is 11.5 Å². The fraction of sp³-hybridized carbons (Fsp3) is 0.0909. The minimum Gasteiger partial charge on any atom is -0.489 e. The molecular weight excluding hydrogens is 245 g/mol. The average Bonchev–Trinajstić information content (AvgIpc) is 2.76. The van der Waals surface area contributed by atoms with Crippen LogP contribution in [-0.2, 0) is 6.61 Å². The Hall–Kier alpha value is -1.95. The third-order valence-corrected chi connectivity index (χ3v) is 2.88. The van der Waals surface area contributed by atoms with Crippen molar-refractivity contribution in [3.63, 3.8) is 0 Å². The number of carboxylic acids is 1. The maximum atomic E-state index is 12.6. The third-order valence-electron chi connectivity index (χ3n) is 2.05. The van der Waals surface area contributed by atoms with Crippen LogP contribution in [0, 0.1) is 5.82 Å². The van der Waals surface area contributed by atoms with Crippen LogP contribution in [0.1, 0.15) is 15.2 Å². The Balaban J connectivity index is 2.05. The zero-order valence-corrected chi connectivity index (χ0v) is 9.41. The van der Waals surface area contributed by atoms with Gasteiger partial charge in [0.15, 0.2) is 0 Å². The molecule has 0 aliphatic rings. The van der Waals surface area contributed by atoms with E-state index in [-0.39, 0.29) is 17.3 Å². The lowest BCUT2D eigenvalue weighted by Crippen LogP contribution is -2.01. The Labute approximate surface area is 100 Å². The standard InChI is InChI=1S/C11H8FNO3S/c12-8-1-3-9(4-2-8)16-6-7-5-13-17-10(7)11(14)15/h1-5H,6H2,(H,14,15). The first-order valence-corrected chi connectivity index (χ1v) is 5.49. The number of hydrogen-bond acceptors (Lipinski definition) is 4. The van der Waals surface area contributed by atoms with Gasteiger partial charge in [0, 0.05) is 11.8 Å². The predicted octanol–water partition coefficient (Wildman–Crippen LogP) is 2.56. The molecule has 0 spiro atoms. The molecular formula is C11H8FNO3S. The maximum absolute atomic E-state index is 12.6. The summed E-state index contributed by atoms with van der Waals surface area (Å²) in [5.41, 5.74) is 0.506. The Morgan fingerprint density at radius 2 is 2.12 bits per heavy atom. The Morgan fingerprint density at radius 3 is 2.76 bits per heavy atom. The lowest BCUT2D eigenvalue weighted by atomic mass is 10.3. The van der Waals surface area contributed by atoms with Gasteiger partial charge >= 0.3 is 5.97 Å². The molecule has 1 N–H and O–H groups in total. The first kappa shape index (κ1) is 11.5. The summed E-state index contributed by atoms with van der Waals surface area (Å²) in [4.78, 5) is 11.0. The van der Waals surface area contributed by atoms with Crippen LogP contribution in [0.2, 0.25) is 0 Å². The number of hydrogen-bond donors (Lipinski definition) is 1. The second-order valence-electron chi connectivity index (χ2n) is 3.23. The van der Waals surface area contributed by atoms with Crippen molar-refractivity contribution >= 4 is 17.5 Å². The molecule has 0 saturated heterocycles. The highest BCUT2D eigenvalue weighted by molar-refractivity contribution is 7.08. The summed E-state index contributed by atoms with van der Waals surface area (Å²) in [6, 6.07) is 5.52. The van der Waals surface area contributed by atoms with E-state index in [2.05, 4.69) is 4.37 Å². The molecule has 0 unspecified atom stereocenters. The number of benzene rings is 1. The molecule has 0 saturated carbocycles. The molecule has 0 radical (unpaired) electrons. The largest absolute Gasteiger partial charge is 0.489 e. The van der Waals surface area contributed by atoms with Gasteiger partial charge in [-0.1, -0.05) is 0 Å². The second kappa shape index (κ2) is 4.92. The SMILES string of the molecule is O=C(O)c1sncc1COc1ccc(F)cc1. The van der Waals surface area contributed by atoms with E-state index in [1.165, 1.54) is 30.5 Å². The predicted molar refractivity (Wildman–Crippen MR) is 59.8 cm³/mol. The van der Waals surface area contributed by atoms with Crippen molar-refractivity contribution in [2.45, 2.75) is 6.61 Å². The van der Waals surface area contributed by atoms with Crippen LogP contribution in [0.4, 0.5) is 4.39 Å². The van der Waals surface area contributed by atoms with Gasteiger partial charge in [-0.25, -0.2) is 9.18 Å². The number of aromatic nitrogens is 1. The summed E-state index contributed by atoms with van der Waals surface area (Å²) in [6.07, 6.45) is 1.46. The normalized spacial score (nSPS) is 10.2. The number of carboxylic acid groups (broad SMARTS) is 1. The summed E-state index contributed by atoms with van der Waals surface area (Å²) in [7, 11) is 0. The summed E-state index contributed by atoms with van der Waals surface area (Å²) in [6.45, 7) is 0.101. The molecule has 88 valence electrons. The quantitative estimate of drug-likeness (QED) is 0.909. The molecule has 4 nitrogen and oxygen atoms in total. The Kier molecular flexibility index (Phi) is 3.34. The van der Waals surface area contributed by atoms with Crippen molar-refractivity contribution < 1.29 is 19.0 Å². The Bertz CT molecular complexity index is 524. The van der Waals surface area contributed by atoms with Gasteiger partial charge in [-0.05, 0) is 35.8 Å². The zero-order valence-electron chi connectivity index (χ0n) is 8.59. The van der Waals surface area contributed by atoms with Crippen LogP contribution < -0.4 is 4.74 Å². The molecule has 0 bridgehead atoms. The summed E-state index contributed by atoms with van der Waals surface area (Å²) in [5.74, 6) is -0.889. The highest BCUT2D eigenvalue weighted by Gasteiger charge is 2.13. The fourth-order valence-corrected chi connectivity index (χ4v) is 1.82. The van der Waals surface area contributed by atoms with Crippen molar-refractivity contribution in [2.75, 3.05) is 0 Å². The van der Waals surface area contributed by atoms with Crippen LogP contribution in [-0.4, -0.2) is 15.4 Å². The van der Waals surface area contributed by atoms with Gasteiger partial charge in [0.2, 0.25) is 0 Å². The van der Waals surface area contributed by atoms with Crippen LogP contribution in [0.3, 0.4) is 0 Å². The van der Waals surface area contributed by atoms with Gasteiger partial charge in [0.1, 0.15) is 23.1 Å². The van der Waals surface area contributed by atoms with E-state index in [1.54, 1.807) is 0 Å². The van der Waals surface area contributed by atoms with Crippen LogP contribution in [0.5, 0.6) is 5.75 Å². The van der Waals surface area contributed by atoms with E-state index >= 15 is 0 Å². The number of nitrogens with zero attached hydrogens (tertiary/aromatic N) is 1. The molecule has 2 aromatic rings. The number of aromatic carboxylic acids is 1. The molecule has 0 fully saturated rings. The number of rotatable bonds is 4. The molecule has 1 aromatic heterocycles. The molecule has 0 atom stereocenters. The number of ether oxygens (including phenoxy) is 1. The van der Waals surface area contributed by atoms with Crippen molar-refractivity contribution in [2.24, 2.45) is 0 Å². The first-order valence-electron chi connectivity index (χ1n) is 4.72. The number of halogens is 1. The van der Waals surface area contributed by atoms with Gasteiger partial charge in [-0.2, -0.15) is 4.37 Å². The molecule has 2 rings (SSSR count). The van der Waals surface area contributed by atoms with E-state index in [0.29, 0.717) is 11.3 Å². The van der Waals surface area contributed by atoms with E-state index < -0.39 is 5.97 Å². The molecule has 1 aromatic carbocycles. The smallest absolute Gasteiger partial charge is 0.347 e. The van der Waals surface area contributed by atoms with E-state index in [9.17, 15) is 9.18 Å². The summed E-state index contributed by atoms with van der Waals surface area (Å²) >= 11 is 0.906. The molecule has 0 aliphatic carbocycles. The van der Waals surface area contributed by atoms with Crippen molar-refractivity contribution in [3.05, 3.63) is 46.7 Å². The highest BCUT2D eigenvalue weighted by Crippen LogP contribution is 2.17. The topological polar surface area (TPSA) is 59.4 Å². The number of carbonyl (C=O) groups is 1. The van der Waals surface area contributed by atoms with Crippen molar-refractivity contribution in [1.29, 1.82) is 0 Å². The maximum Gasteiger partial charge on any atom is 0.347 e.